The van der Waals surface area contributed by atoms with Gasteiger partial charge in [0.2, 0.25) is 11.8 Å². The minimum Gasteiger partial charge on any atom is -0.508 e. The third-order valence-corrected chi connectivity index (χ3v) is 6.60. The van der Waals surface area contributed by atoms with Gasteiger partial charge in [-0.25, -0.2) is 4.79 Å². The van der Waals surface area contributed by atoms with Crippen molar-refractivity contribution in [2.24, 2.45) is 0 Å². The molecule has 3 unspecified atom stereocenters. The Morgan fingerprint density at radius 3 is 2.12 bits per heavy atom. The van der Waals surface area contributed by atoms with Gasteiger partial charge in [-0.05, 0) is 77.6 Å². The zero-order chi connectivity index (χ0) is 30.0. The fourth-order valence-electron chi connectivity index (χ4n) is 4.58. The molecule has 0 aromatic heterocycles. The first-order chi connectivity index (χ1) is 18.7. The molecule has 2 aromatic carbocycles. The van der Waals surface area contributed by atoms with Gasteiger partial charge in [-0.15, -0.1) is 0 Å². The topological polar surface area (TPSA) is 108 Å². The first-order valence-corrected chi connectivity index (χ1v) is 14.2. The highest BCUT2D eigenvalue weighted by Gasteiger charge is 2.38. The molecule has 3 N–H and O–H groups in total. The number of ether oxygens (including phenoxy) is 1. The number of carbonyl (C=O) groups is 3. The molecule has 40 heavy (non-hydrogen) atoms. The third kappa shape index (κ3) is 9.88. The maximum absolute atomic E-state index is 14.5. The Balaban J connectivity index is 2.60. The number of nitrogens with one attached hydrogen (secondary N) is 2. The van der Waals surface area contributed by atoms with Crippen molar-refractivity contribution in [3.63, 3.8) is 0 Å². The number of nitrogens with zero attached hydrogens (tertiary/aromatic N) is 1. The van der Waals surface area contributed by atoms with E-state index in [0.717, 1.165) is 35.1 Å². The van der Waals surface area contributed by atoms with E-state index in [1.165, 1.54) is 12.1 Å². The highest BCUT2D eigenvalue weighted by atomic mass is 16.6. The van der Waals surface area contributed by atoms with Gasteiger partial charge < -0.3 is 25.4 Å². The maximum atomic E-state index is 14.5. The lowest BCUT2D eigenvalue weighted by Crippen LogP contribution is -2.56. The van der Waals surface area contributed by atoms with Crippen molar-refractivity contribution in [3.8, 4) is 5.75 Å². The van der Waals surface area contributed by atoms with E-state index in [2.05, 4.69) is 17.6 Å². The average molecular weight is 554 g/mol. The van der Waals surface area contributed by atoms with Crippen LogP contribution in [-0.2, 0) is 20.7 Å². The van der Waals surface area contributed by atoms with Crippen LogP contribution in [0.25, 0.3) is 0 Å². The lowest BCUT2D eigenvalue weighted by Gasteiger charge is -2.38. The first-order valence-electron chi connectivity index (χ1n) is 14.2. The maximum Gasteiger partial charge on any atom is 0.408 e. The summed E-state index contributed by atoms with van der Waals surface area (Å²) in [7, 11) is 0. The molecule has 3 atom stereocenters. The predicted octanol–water partition coefficient (Wildman–Crippen LogP) is 5.73. The zero-order valence-electron chi connectivity index (χ0n) is 25.3. The fraction of sp³-hybridized carbons (Fsp3) is 0.531. The number of unbranched alkanes of at least 4 members (excludes halogenated alkanes) is 1. The summed E-state index contributed by atoms with van der Waals surface area (Å²) in [6.45, 7) is 15.6. The van der Waals surface area contributed by atoms with Gasteiger partial charge in [0.15, 0.2) is 0 Å². The van der Waals surface area contributed by atoms with Crippen LogP contribution in [-0.4, -0.2) is 52.1 Å². The molecule has 8 nitrogen and oxygen atoms in total. The van der Waals surface area contributed by atoms with Crippen molar-refractivity contribution in [1.82, 2.24) is 15.5 Å². The van der Waals surface area contributed by atoms with E-state index in [0.29, 0.717) is 13.0 Å². The van der Waals surface area contributed by atoms with Crippen LogP contribution in [0, 0.1) is 13.8 Å². The normalized spacial score (nSPS) is 13.6. The molecule has 0 aliphatic heterocycles. The van der Waals surface area contributed by atoms with E-state index in [9.17, 15) is 19.5 Å². The third-order valence-electron chi connectivity index (χ3n) is 6.60. The second kappa shape index (κ2) is 14.7. The second-order valence-corrected chi connectivity index (χ2v) is 11.5. The summed E-state index contributed by atoms with van der Waals surface area (Å²) < 4.78 is 5.49. The molecule has 0 bridgehead atoms. The number of rotatable bonds is 12. The molecule has 0 fully saturated rings. The SMILES string of the molecule is CCCCNC(=O)C(c1cc(C)cc(C)c1)N(C(=O)C(Cc1ccc(O)cc1)NC(=O)OC(C)(C)C)C(C)CC. The Morgan fingerprint density at radius 1 is 1.00 bits per heavy atom. The van der Waals surface area contributed by atoms with E-state index in [4.69, 9.17) is 4.74 Å². The summed E-state index contributed by atoms with van der Waals surface area (Å²) in [6, 6.07) is 10.2. The summed E-state index contributed by atoms with van der Waals surface area (Å²) in [5.74, 6) is -0.539. The van der Waals surface area contributed by atoms with Gasteiger partial charge in [0.1, 0.15) is 23.4 Å². The molecule has 8 heteroatoms. The van der Waals surface area contributed by atoms with Gasteiger partial charge in [-0.2, -0.15) is 0 Å². The lowest BCUT2D eigenvalue weighted by molar-refractivity contribution is -0.145. The molecule has 0 heterocycles. The van der Waals surface area contributed by atoms with Crippen LogP contribution in [0.5, 0.6) is 5.75 Å². The highest BCUT2D eigenvalue weighted by Crippen LogP contribution is 2.28. The zero-order valence-corrected chi connectivity index (χ0v) is 25.3. The van der Waals surface area contributed by atoms with E-state index >= 15 is 0 Å². The van der Waals surface area contributed by atoms with Crippen LogP contribution in [0.2, 0.25) is 0 Å². The number of carbonyl (C=O) groups excluding carboxylic acids is 3. The quantitative estimate of drug-likeness (QED) is 0.291. The monoisotopic (exact) mass is 553 g/mol. The van der Waals surface area contributed by atoms with Crippen LogP contribution in [0.15, 0.2) is 42.5 Å². The van der Waals surface area contributed by atoms with E-state index in [1.807, 2.05) is 45.9 Å². The number of aromatic hydroxyl groups is 1. The van der Waals surface area contributed by atoms with Crippen LogP contribution >= 0.6 is 0 Å². The van der Waals surface area contributed by atoms with Crippen molar-refractivity contribution in [2.45, 2.75) is 105 Å². The molecule has 0 saturated carbocycles. The smallest absolute Gasteiger partial charge is 0.408 e. The Labute approximate surface area is 239 Å². The van der Waals surface area contributed by atoms with Gasteiger partial charge in [0.25, 0.3) is 0 Å². The molecule has 0 aliphatic carbocycles. The summed E-state index contributed by atoms with van der Waals surface area (Å²) in [5.41, 5.74) is 2.69. The van der Waals surface area contributed by atoms with Crippen molar-refractivity contribution in [1.29, 1.82) is 0 Å². The van der Waals surface area contributed by atoms with Gasteiger partial charge >= 0.3 is 6.09 Å². The molecule has 3 amide bonds. The number of hydrogen-bond acceptors (Lipinski definition) is 5. The number of hydrogen-bond donors (Lipinski definition) is 3. The molecular formula is C32H47N3O5. The van der Waals surface area contributed by atoms with E-state index in [-0.39, 0.29) is 30.0 Å². The Kier molecular flexibility index (Phi) is 12.0. The minimum absolute atomic E-state index is 0.103. The first kappa shape index (κ1) is 32.7. The van der Waals surface area contributed by atoms with Crippen LogP contribution in [0.1, 0.15) is 89.1 Å². The van der Waals surface area contributed by atoms with Gasteiger partial charge in [0, 0.05) is 19.0 Å². The summed E-state index contributed by atoms with van der Waals surface area (Å²) in [6.07, 6.45) is 1.79. The van der Waals surface area contributed by atoms with E-state index < -0.39 is 23.8 Å². The summed E-state index contributed by atoms with van der Waals surface area (Å²) in [5, 5.41) is 15.5. The van der Waals surface area contributed by atoms with Crippen LogP contribution in [0.3, 0.4) is 0 Å². The summed E-state index contributed by atoms with van der Waals surface area (Å²) in [4.78, 5) is 42.8. The Hall–Kier alpha value is -3.55. The number of alkyl carbamates (subject to hydrolysis) is 1. The van der Waals surface area contributed by atoms with Crippen LogP contribution < -0.4 is 10.6 Å². The molecular weight excluding hydrogens is 506 g/mol. The molecule has 0 spiro atoms. The molecule has 2 rings (SSSR count). The average Bonchev–Trinajstić information content (AvgIpc) is 2.85. The minimum atomic E-state index is -1.01. The summed E-state index contributed by atoms with van der Waals surface area (Å²) >= 11 is 0. The number of benzene rings is 2. The molecule has 2 aromatic rings. The van der Waals surface area contributed by atoms with Gasteiger partial charge in [-0.1, -0.05) is 61.7 Å². The number of phenols is 1. The number of phenolic OH excluding ortho intramolecular Hbond substituents is 1. The molecule has 0 aliphatic rings. The van der Waals surface area contributed by atoms with Crippen molar-refractivity contribution >= 4 is 17.9 Å². The van der Waals surface area contributed by atoms with Crippen molar-refractivity contribution < 1.29 is 24.2 Å². The lowest BCUT2D eigenvalue weighted by atomic mass is 9.95. The standard InChI is InChI=1S/C32H47N3O5/c1-9-11-16-33-29(37)28(25-18-21(3)17-22(4)19-25)35(23(5)10-2)30(38)27(34-31(39)40-32(6,7)8)20-24-12-14-26(36)15-13-24/h12-15,17-19,23,27-28,36H,9-11,16,20H2,1-8H3,(H,33,37)(H,34,39). The van der Waals surface area contributed by atoms with Crippen molar-refractivity contribution in [2.75, 3.05) is 6.54 Å². The fourth-order valence-corrected chi connectivity index (χ4v) is 4.58. The predicted molar refractivity (Wildman–Crippen MR) is 158 cm³/mol. The second-order valence-electron chi connectivity index (χ2n) is 11.5. The Morgan fingerprint density at radius 2 is 1.60 bits per heavy atom. The van der Waals surface area contributed by atoms with Gasteiger partial charge in [0.05, 0.1) is 0 Å². The molecule has 220 valence electrons. The molecule has 0 radical (unpaired) electrons. The largest absolute Gasteiger partial charge is 0.508 e. The Bertz CT molecular complexity index is 1120. The number of amides is 3. The molecule has 0 saturated heterocycles. The van der Waals surface area contributed by atoms with Crippen molar-refractivity contribution in [3.05, 3.63) is 64.7 Å². The highest BCUT2D eigenvalue weighted by molar-refractivity contribution is 5.92. The number of aryl methyl sites for hydroxylation is 2. The van der Waals surface area contributed by atoms with Gasteiger partial charge in [-0.3, -0.25) is 9.59 Å². The van der Waals surface area contributed by atoms with Crippen LogP contribution in [0.4, 0.5) is 4.79 Å². The van der Waals surface area contributed by atoms with E-state index in [1.54, 1.807) is 37.8 Å².